The average Bonchev–Trinajstić information content (AvgIpc) is 3.10. The first-order valence-electron chi connectivity index (χ1n) is 13.8. The Hall–Kier alpha value is -2.60. The van der Waals surface area contributed by atoms with E-state index in [1.165, 1.54) is 31.0 Å². The number of fused-ring (bicyclic) bond motifs is 1. The van der Waals surface area contributed by atoms with Crippen LogP contribution in [0.25, 0.3) is 0 Å². The topological polar surface area (TPSA) is 139 Å². The molecule has 1 aromatic rings. The summed E-state index contributed by atoms with van der Waals surface area (Å²) in [5.74, 6) is -0.550. The molecule has 5 atom stereocenters. The van der Waals surface area contributed by atoms with E-state index in [9.17, 15) is 19.6 Å². The number of aliphatic hydroxyl groups is 1. The van der Waals surface area contributed by atoms with Gasteiger partial charge in [-0.25, -0.2) is 0 Å². The van der Waals surface area contributed by atoms with E-state index in [0.29, 0.717) is 5.75 Å². The molecule has 1 aliphatic carbocycles. The number of hydrogen-bond donors (Lipinski definition) is 4. The zero-order chi connectivity index (χ0) is 30.2. The molecule has 0 aromatic heterocycles. The number of nitrogens with one attached hydrogen (secondary N) is 2. The Morgan fingerprint density at radius 3 is 2.76 bits per heavy atom. The summed E-state index contributed by atoms with van der Waals surface area (Å²) in [6.07, 6.45) is 1.90. The number of carbonyl (C=O) groups excluding carboxylic acids is 2. The summed E-state index contributed by atoms with van der Waals surface area (Å²) in [4.78, 5) is 37.3. The van der Waals surface area contributed by atoms with Crippen LogP contribution < -0.4 is 14.9 Å². The molecule has 1 amide bonds. The third-order valence-electron chi connectivity index (χ3n) is 7.14. The zero-order valence-electron chi connectivity index (χ0n) is 24.1. The summed E-state index contributed by atoms with van der Waals surface area (Å²) in [6, 6.07) is 4.54. The van der Waals surface area contributed by atoms with Crippen LogP contribution >= 0.6 is 8.09 Å². The summed E-state index contributed by atoms with van der Waals surface area (Å²) >= 11 is 0. The number of hydrogen-bond acceptors (Lipinski definition) is 10. The molecule has 3 aliphatic rings. The van der Waals surface area contributed by atoms with Gasteiger partial charge in [-0.05, 0) is 0 Å². The van der Waals surface area contributed by atoms with Gasteiger partial charge in [-0.15, -0.1) is 0 Å². The maximum atomic E-state index is 15.8. The van der Waals surface area contributed by atoms with Crippen molar-refractivity contribution in [3.63, 3.8) is 0 Å². The second-order valence-electron chi connectivity index (χ2n) is 11.8. The molecule has 1 saturated heterocycles. The van der Waals surface area contributed by atoms with Gasteiger partial charge >= 0.3 is 240 Å². The Kier molecular flexibility index (Phi) is 9.13. The van der Waals surface area contributed by atoms with Crippen LogP contribution in [-0.4, -0.2) is 69.1 Å². The van der Waals surface area contributed by atoms with Gasteiger partial charge in [0, 0.05) is 0 Å². The van der Waals surface area contributed by atoms with Gasteiger partial charge < -0.3 is 0 Å². The molecule has 228 valence electrons. The molecule has 4 N–H and O–H groups in total. The summed E-state index contributed by atoms with van der Waals surface area (Å²) in [5.41, 5.74) is -1.01. The van der Waals surface area contributed by atoms with Crippen molar-refractivity contribution in [2.45, 2.75) is 96.0 Å². The molecule has 0 radical (unpaired) electrons. The number of aryl methyl sites for hydroxylation is 1. The quantitative estimate of drug-likeness (QED) is 0.248. The van der Waals surface area contributed by atoms with Gasteiger partial charge in [0.1, 0.15) is 0 Å². The fraction of sp³-hybridized carbons (Fsp3) is 0.571. The summed E-state index contributed by atoms with van der Waals surface area (Å²) in [5, 5.41) is 16.1. The number of esters is 1. The van der Waals surface area contributed by atoms with Crippen molar-refractivity contribution in [2.24, 2.45) is 0 Å². The van der Waals surface area contributed by atoms with E-state index >= 15 is 4.39 Å². The van der Waals surface area contributed by atoms with Gasteiger partial charge in [0.15, 0.2) is 0 Å². The number of carbonyl (C=O) groups is 2. The van der Waals surface area contributed by atoms with Crippen molar-refractivity contribution in [2.75, 3.05) is 6.61 Å². The normalized spacial score (nSPS) is 27.7. The standard InChI is InChI=1S/C28H41FN3O8P/c1-17(25(35)39-27(3,4)5)31-41(36,40-21-13-9-11-19-10-7-8-12-20(19)21)37-16-22-24(34)28(6,29)26(38-22)32-15-14-23(33)30-18(32)2/h9,11,13-15,17,22,24,26,31,34,36,41H,2,7-8,10,12,16H2,1,3-6H3,(H,30,33)/t17-,22+,24+,26+,28+/m0/s1. The van der Waals surface area contributed by atoms with Gasteiger partial charge in [0.2, 0.25) is 0 Å². The summed E-state index contributed by atoms with van der Waals surface area (Å²) < 4.78 is 39.0. The number of aliphatic hydroxyl groups excluding tert-OH is 1. The minimum atomic E-state index is -4.44. The van der Waals surface area contributed by atoms with Gasteiger partial charge in [0.25, 0.3) is 0 Å². The van der Waals surface area contributed by atoms with Crippen molar-refractivity contribution < 1.29 is 42.5 Å². The van der Waals surface area contributed by atoms with Crippen LogP contribution in [-0.2, 0) is 36.4 Å². The molecule has 2 aliphatic heterocycles. The number of alkyl halides is 1. The predicted molar refractivity (Wildman–Crippen MR) is 151 cm³/mol. The molecule has 2 heterocycles. The van der Waals surface area contributed by atoms with Crippen molar-refractivity contribution in [1.82, 2.24) is 15.3 Å². The third kappa shape index (κ3) is 7.25. The number of amides is 1. The van der Waals surface area contributed by atoms with Gasteiger partial charge in [-0.3, -0.25) is 0 Å². The van der Waals surface area contributed by atoms with E-state index < -0.39 is 62.3 Å². The first-order valence-corrected chi connectivity index (χ1v) is 15.5. The molecule has 1 aromatic carbocycles. The summed E-state index contributed by atoms with van der Waals surface area (Å²) in [7, 11) is -4.44. The molecule has 41 heavy (non-hydrogen) atoms. The van der Waals surface area contributed by atoms with Crippen molar-refractivity contribution in [3.05, 3.63) is 54.0 Å². The summed E-state index contributed by atoms with van der Waals surface area (Å²) in [6.45, 7) is 11.1. The molecule has 0 bridgehead atoms. The van der Waals surface area contributed by atoms with Crippen LogP contribution in [0.15, 0.2) is 42.9 Å². The van der Waals surface area contributed by atoms with E-state index in [1.54, 1.807) is 26.8 Å². The second kappa shape index (κ2) is 11.9. The minimum absolute atomic E-state index is 0.0797. The van der Waals surface area contributed by atoms with E-state index in [2.05, 4.69) is 17.0 Å². The van der Waals surface area contributed by atoms with E-state index in [0.717, 1.165) is 36.8 Å². The molecule has 1 fully saturated rings. The number of nitrogens with zero attached hydrogens (tertiary/aromatic N) is 1. The van der Waals surface area contributed by atoms with Crippen molar-refractivity contribution >= 4 is 20.0 Å². The van der Waals surface area contributed by atoms with Crippen LogP contribution in [0.1, 0.15) is 58.6 Å². The number of benzene rings is 1. The molecular weight excluding hydrogens is 556 g/mol. The predicted octanol–water partition coefficient (Wildman–Crippen LogP) is 2.91. The van der Waals surface area contributed by atoms with Gasteiger partial charge in [0.05, 0.1) is 0 Å². The number of rotatable bonds is 9. The number of halogens is 1. The van der Waals surface area contributed by atoms with Gasteiger partial charge in [-0.2, -0.15) is 0 Å². The van der Waals surface area contributed by atoms with Crippen LogP contribution in [0.4, 0.5) is 4.39 Å². The molecule has 0 unspecified atom stereocenters. The third-order valence-corrected chi connectivity index (χ3v) is 8.99. The Morgan fingerprint density at radius 1 is 1.37 bits per heavy atom. The molecular formula is C28H41FN3O8P. The van der Waals surface area contributed by atoms with Crippen molar-refractivity contribution in [3.8, 4) is 5.75 Å². The second-order valence-corrected chi connectivity index (χ2v) is 13.7. The van der Waals surface area contributed by atoms with E-state index in [4.69, 9.17) is 18.5 Å². The first-order chi connectivity index (χ1) is 19.1. The SMILES string of the molecule is C=C1NC(=O)C=CN1[C@@H]1O[C@H](CO[PH](O)(N[C@@H](C)C(=O)OC(C)(C)C)Oc2cccc3c2CCCC3)[C@@H](O)[C@@]1(C)F. The van der Waals surface area contributed by atoms with Crippen LogP contribution in [0.5, 0.6) is 5.75 Å². The Balaban J connectivity index is 1.55. The van der Waals surface area contributed by atoms with E-state index in [-0.39, 0.29) is 5.82 Å². The first kappa shape index (κ1) is 31.3. The van der Waals surface area contributed by atoms with Crippen LogP contribution in [0.2, 0.25) is 0 Å². The van der Waals surface area contributed by atoms with Crippen LogP contribution in [0.3, 0.4) is 0 Å². The fourth-order valence-corrected chi connectivity index (χ4v) is 6.81. The van der Waals surface area contributed by atoms with Crippen LogP contribution in [0, 0.1) is 0 Å². The molecule has 11 nitrogen and oxygen atoms in total. The molecule has 0 saturated carbocycles. The molecule has 4 rings (SSSR count). The monoisotopic (exact) mass is 597 g/mol. The van der Waals surface area contributed by atoms with Crippen molar-refractivity contribution in [1.29, 1.82) is 0 Å². The van der Waals surface area contributed by atoms with E-state index in [1.807, 2.05) is 12.1 Å². The molecule has 0 spiro atoms. The Morgan fingerprint density at radius 2 is 2.07 bits per heavy atom. The Labute approximate surface area is 240 Å². The zero-order valence-corrected chi connectivity index (χ0v) is 25.1. The Bertz CT molecular complexity index is 1210. The fourth-order valence-electron chi connectivity index (χ4n) is 5.07. The molecule has 13 heteroatoms. The van der Waals surface area contributed by atoms with Gasteiger partial charge in [-0.1, -0.05) is 0 Å². The maximum absolute atomic E-state index is 15.8. The average molecular weight is 598 g/mol. The number of ether oxygens (including phenoxy) is 2.